The molecular weight excluding hydrogens is 180 g/mol. The standard InChI is InChI=1S/C9H16N4O/c10-12-9(14)4-2-1-3-6-13-7-5-11-8-13/h5,7-8H,1-4,6,10H2,(H,12,14). The summed E-state index contributed by atoms with van der Waals surface area (Å²) in [7, 11) is 0. The monoisotopic (exact) mass is 196 g/mol. The third kappa shape index (κ3) is 4.04. The van der Waals surface area contributed by atoms with E-state index in [1.165, 1.54) is 0 Å². The van der Waals surface area contributed by atoms with Crippen molar-refractivity contribution in [3.8, 4) is 0 Å². The Morgan fingerprint density at radius 3 is 2.93 bits per heavy atom. The Labute approximate surface area is 83.3 Å². The lowest BCUT2D eigenvalue weighted by molar-refractivity contribution is -0.121. The van der Waals surface area contributed by atoms with Gasteiger partial charge in [0.05, 0.1) is 6.33 Å². The second-order valence-corrected chi connectivity index (χ2v) is 3.18. The quantitative estimate of drug-likeness (QED) is 0.300. The van der Waals surface area contributed by atoms with Crippen LogP contribution in [0.25, 0.3) is 0 Å². The lowest BCUT2D eigenvalue weighted by atomic mass is 10.2. The molecule has 5 heteroatoms. The van der Waals surface area contributed by atoms with E-state index in [-0.39, 0.29) is 5.91 Å². The Kier molecular flexibility index (Phi) is 4.71. The van der Waals surface area contributed by atoms with Crippen molar-refractivity contribution in [1.29, 1.82) is 0 Å². The number of hydrazine groups is 1. The number of nitrogens with one attached hydrogen (secondary N) is 1. The molecule has 0 aliphatic rings. The van der Waals surface area contributed by atoms with Crippen molar-refractivity contribution in [2.45, 2.75) is 32.2 Å². The molecule has 0 aliphatic carbocycles. The van der Waals surface area contributed by atoms with Crippen LogP contribution in [0.1, 0.15) is 25.7 Å². The number of hydrogen-bond donors (Lipinski definition) is 2. The minimum absolute atomic E-state index is 0.0902. The number of nitrogens with two attached hydrogens (primary N) is 1. The van der Waals surface area contributed by atoms with Gasteiger partial charge in [0, 0.05) is 25.4 Å². The molecule has 0 saturated heterocycles. The summed E-state index contributed by atoms with van der Waals surface area (Å²) in [6.45, 7) is 0.963. The van der Waals surface area contributed by atoms with Gasteiger partial charge >= 0.3 is 0 Å². The zero-order valence-electron chi connectivity index (χ0n) is 8.15. The molecule has 14 heavy (non-hydrogen) atoms. The highest BCUT2D eigenvalue weighted by Crippen LogP contribution is 2.01. The maximum absolute atomic E-state index is 10.8. The molecule has 1 aromatic heterocycles. The minimum Gasteiger partial charge on any atom is -0.337 e. The van der Waals surface area contributed by atoms with Gasteiger partial charge in [0.25, 0.3) is 0 Å². The maximum Gasteiger partial charge on any atom is 0.233 e. The fraction of sp³-hybridized carbons (Fsp3) is 0.556. The highest BCUT2D eigenvalue weighted by molar-refractivity contribution is 5.74. The van der Waals surface area contributed by atoms with Crippen LogP contribution < -0.4 is 11.3 Å². The number of amides is 1. The van der Waals surface area contributed by atoms with E-state index in [2.05, 4.69) is 10.4 Å². The molecule has 0 bridgehead atoms. The topological polar surface area (TPSA) is 72.9 Å². The van der Waals surface area contributed by atoms with Crippen LogP contribution in [0.5, 0.6) is 0 Å². The number of imidazole rings is 1. The normalized spacial score (nSPS) is 10.1. The van der Waals surface area contributed by atoms with Gasteiger partial charge in [-0.15, -0.1) is 0 Å². The molecule has 0 atom stereocenters. The van der Waals surface area contributed by atoms with E-state index in [9.17, 15) is 4.79 Å². The SMILES string of the molecule is NNC(=O)CCCCCn1ccnc1. The average molecular weight is 196 g/mol. The molecular formula is C9H16N4O. The van der Waals surface area contributed by atoms with Gasteiger partial charge in [-0.25, -0.2) is 10.8 Å². The first-order chi connectivity index (χ1) is 6.83. The first-order valence-electron chi connectivity index (χ1n) is 4.78. The Balaban J connectivity index is 1.97. The van der Waals surface area contributed by atoms with Crippen molar-refractivity contribution in [3.63, 3.8) is 0 Å². The van der Waals surface area contributed by atoms with Gasteiger partial charge in [0.15, 0.2) is 0 Å². The van der Waals surface area contributed by atoms with Crippen LogP contribution in [-0.4, -0.2) is 15.5 Å². The first-order valence-corrected chi connectivity index (χ1v) is 4.78. The van der Waals surface area contributed by atoms with Crippen molar-refractivity contribution in [3.05, 3.63) is 18.7 Å². The second-order valence-electron chi connectivity index (χ2n) is 3.18. The molecule has 1 heterocycles. The molecule has 1 rings (SSSR count). The van der Waals surface area contributed by atoms with Crippen LogP contribution in [0, 0.1) is 0 Å². The average Bonchev–Trinajstić information content (AvgIpc) is 2.69. The summed E-state index contributed by atoms with van der Waals surface area (Å²) in [6, 6.07) is 0. The van der Waals surface area contributed by atoms with E-state index in [4.69, 9.17) is 5.84 Å². The molecule has 78 valence electrons. The van der Waals surface area contributed by atoms with Gasteiger partial charge in [-0.3, -0.25) is 10.2 Å². The van der Waals surface area contributed by atoms with Crippen LogP contribution in [0.3, 0.4) is 0 Å². The Hall–Kier alpha value is -1.36. The zero-order valence-corrected chi connectivity index (χ0v) is 8.15. The van der Waals surface area contributed by atoms with E-state index in [0.717, 1.165) is 25.8 Å². The van der Waals surface area contributed by atoms with E-state index >= 15 is 0 Å². The third-order valence-electron chi connectivity index (χ3n) is 2.04. The van der Waals surface area contributed by atoms with Crippen molar-refractivity contribution >= 4 is 5.91 Å². The minimum atomic E-state index is -0.0902. The maximum atomic E-state index is 10.8. The molecule has 0 fully saturated rings. The Morgan fingerprint density at radius 1 is 1.43 bits per heavy atom. The number of unbranched alkanes of at least 4 members (excludes halogenated alkanes) is 2. The van der Waals surface area contributed by atoms with Crippen molar-refractivity contribution in [2.75, 3.05) is 0 Å². The molecule has 0 spiro atoms. The number of carbonyl (C=O) groups excluding carboxylic acids is 1. The molecule has 3 N–H and O–H groups in total. The smallest absolute Gasteiger partial charge is 0.233 e. The lowest BCUT2D eigenvalue weighted by Crippen LogP contribution is -2.29. The van der Waals surface area contributed by atoms with Crippen molar-refractivity contribution in [1.82, 2.24) is 15.0 Å². The van der Waals surface area contributed by atoms with E-state index in [1.54, 1.807) is 12.5 Å². The summed E-state index contributed by atoms with van der Waals surface area (Å²) in [5.41, 5.74) is 2.12. The number of aryl methyl sites for hydroxylation is 1. The van der Waals surface area contributed by atoms with Crippen LogP contribution in [0.2, 0.25) is 0 Å². The molecule has 0 radical (unpaired) electrons. The number of carbonyl (C=O) groups is 1. The van der Waals surface area contributed by atoms with Crippen LogP contribution in [0.15, 0.2) is 18.7 Å². The number of hydrogen-bond acceptors (Lipinski definition) is 3. The van der Waals surface area contributed by atoms with E-state index in [1.807, 2.05) is 10.8 Å². The summed E-state index contributed by atoms with van der Waals surface area (Å²) >= 11 is 0. The lowest BCUT2D eigenvalue weighted by Gasteiger charge is -2.01. The molecule has 5 nitrogen and oxygen atoms in total. The first kappa shape index (κ1) is 10.7. The molecule has 0 unspecified atom stereocenters. The van der Waals surface area contributed by atoms with Crippen LogP contribution in [-0.2, 0) is 11.3 Å². The number of aromatic nitrogens is 2. The highest BCUT2D eigenvalue weighted by Gasteiger charge is 1.97. The zero-order chi connectivity index (χ0) is 10.2. The van der Waals surface area contributed by atoms with Gasteiger partial charge in [0.1, 0.15) is 0 Å². The summed E-state index contributed by atoms with van der Waals surface area (Å²) < 4.78 is 2.03. The molecule has 0 aliphatic heterocycles. The summed E-state index contributed by atoms with van der Waals surface area (Å²) in [5, 5.41) is 0. The van der Waals surface area contributed by atoms with E-state index in [0.29, 0.717) is 6.42 Å². The molecule has 1 aromatic rings. The fourth-order valence-electron chi connectivity index (χ4n) is 1.25. The van der Waals surface area contributed by atoms with Gasteiger partial charge in [0.2, 0.25) is 5.91 Å². The summed E-state index contributed by atoms with van der Waals surface area (Å²) in [5.74, 6) is 4.86. The molecule has 1 amide bonds. The van der Waals surface area contributed by atoms with Crippen LogP contribution >= 0.6 is 0 Å². The predicted octanol–water partition coefficient (Wildman–Crippen LogP) is 0.433. The Morgan fingerprint density at radius 2 is 2.29 bits per heavy atom. The highest BCUT2D eigenvalue weighted by atomic mass is 16.2. The molecule has 0 saturated carbocycles. The summed E-state index contributed by atoms with van der Waals surface area (Å²) in [4.78, 5) is 14.7. The number of rotatable bonds is 6. The molecule has 0 aromatic carbocycles. The van der Waals surface area contributed by atoms with Gasteiger partial charge in [-0.05, 0) is 12.8 Å². The third-order valence-corrected chi connectivity index (χ3v) is 2.04. The fourth-order valence-corrected chi connectivity index (χ4v) is 1.25. The summed E-state index contributed by atoms with van der Waals surface area (Å²) in [6.07, 6.45) is 9.00. The predicted molar refractivity (Wildman–Crippen MR) is 53.0 cm³/mol. The largest absolute Gasteiger partial charge is 0.337 e. The van der Waals surface area contributed by atoms with Gasteiger partial charge in [-0.1, -0.05) is 6.42 Å². The van der Waals surface area contributed by atoms with E-state index < -0.39 is 0 Å². The van der Waals surface area contributed by atoms with Crippen molar-refractivity contribution < 1.29 is 4.79 Å². The number of nitrogens with zero attached hydrogens (tertiary/aromatic N) is 2. The second kappa shape index (κ2) is 6.15. The van der Waals surface area contributed by atoms with Crippen molar-refractivity contribution in [2.24, 2.45) is 5.84 Å². The van der Waals surface area contributed by atoms with Crippen LogP contribution in [0.4, 0.5) is 0 Å². The van der Waals surface area contributed by atoms with Gasteiger partial charge < -0.3 is 4.57 Å². The Bertz CT molecular complexity index is 258. The van der Waals surface area contributed by atoms with Gasteiger partial charge in [-0.2, -0.15) is 0 Å².